The average molecular weight is 1870 g/mol. The van der Waals surface area contributed by atoms with Gasteiger partial charge in [-0.2, -0.15) is 0 Å². The molecule has 10 aliphatic heterocycles. The van der Waals surface area contributed by atoms with E-state index in [9.17, 15) is 157 Å². The quantitative estimate of drug-likeness (QED) is 0.0207. The van der Waals surface area contributed by atoms with Gasteiger partial charge in [-0.3, -0.25) is 24.0 Å². The van der Waals surface area contributed by atoms with Crippen LogP contribution in [0.5, 0.6) is 0 Å². The smallest absolute Gasteiger partial charge is 0.332 e. The maximum atomic E-state index is 13.3. The van der Waals surface area contributed by atoms with Gasteiger partial charge in [-0.1, -0.05) is 6.92 Å². The van der Waals surface area contributed by atoms with Crippen molar-refractivity contribution < 1.29 is 251 Å². The second-order valence-corrected chi connectivity index (χ2v) is 33.0. The van der Waals surface area contributed by atoms with E-state index < -0.39 is 402 Å². The molecular weight excluding hydrogens is 1750 g/mol. The topological polar surface area (TPSA) is 844 Å². The third-order valence-corrected chi connectivity index (χ3v) is 23.9. The van der Waals surface area contributed by atoms with E-state index in [1.54, 1.807) is 0 Å². The molecule has 10 heterocycles. The van der Waals surface area contributed by atoms with E-state index in [2.05, 4.69) is 21.3 Å². The molecule has 0 aromatic carbocycles. The number of hydrogen-bond acceptors (Lipinski definition) is 51. The van der Waals surface area contributed by atoms with Gasteiger partial charge >= 0.3 is 5.97 Å². The van der Waals surface area contributed by atoms with Crippen molar-refractivity contribution in [2.45, 2.75) is 361 Å². The van der Waals surface area contributed by atoms with Gasteiger partial charge in [0.15, 0.2) is 50.3 Å². The molecular formula is C73H122N4O51. The molecule has 55 heteroatoms. The van der Waals surface area contributed by atoms with Gasteiger partial charge in [-0.15, -0.1) is 0 Å². The number of aliphatic hydroxyl groups is 26. The Labute approximate surface area is 727 Å². The highest BCUT2D eigenvalue weighted by atomic mass is 16.9. The van der Waals surface area contributed by atoms with Gasteiger partial charge in [0.2, 0.25) is 23.6 Å². The Hall–Kier alpha value is -4.45. The molecule has 51 atom stereocenters. The highest BCUT2D eigenvalue weighted by molar-refractivity contribution is 5.74. The standard InChI is InChI=1S/C73H122N4O51/c1-19-26(89)8-73(112-18-84,128-58(19)41(92)27(90)9-78)111-17-34-45(96)52(103)56(107)69(121-34)123-59-31(13-82)119-67(39(50(59)101)77-25(7)88)127-64-54(105)44(95)30(12-81)117-72(64)125-62-46(97)33(15-110-71-63(53(104)43(94)29(11-80)116-71)126-65-37(75-23(5)86)47(98)42(93)28(10-79)115-65)120-70(57(62)108)124-60-32(14-83)118-66(38(49(60)100)76-24(6)87)122-61-35(113-20(2)36(48(61)99)74-22(4)85)16-109-68-55(106)51(102)40(91)21(3)114-68/h18-21,26-72,78-83,89-108H,8-17H2,1-7H3,(H,74,85)(H,75,86)(H,76,87)(H,77,88)/t19-,20+,21+,26-,27-,28+,29?,30?,31?,32?,33?,34?,35?,36?,37?,38?,39?,40-,41-,42-,43-,44-,45+,46-,47?,48-,49-,50-,51?,52+,53+,54?,55?,56?,57?,58?,59-,60-,61-,62+,63?,64?,65+,66+,67+,68-,69+,70+,71+,72-,73+/m1/s1. The largest absolute Gasteiger partial charge is 0.410 e. The van der Waals surface area contributed by atoms with Gasteiger partial charge in [0, 0.05) is 33.6 Å². The Balaban J connectivity index is 0.961. The molecule has 0 bridgehead atoms. The van der Waals surface area contributed by atoms with Crippen molar-refractivity contribution >= 4 is 30.1 Å². The lowest BCUT2D eigenvalue weighted by Crippen LogP contribution is -2.71. The fraction of sp³-hybridized carbons (Fsp3) is 0.932. The van der Waals surface area contributed by atoms with E-state index >= 15 is 0 Å². The second kappa shape index (κ2) is 45.9. The highest BCUT2D eigenvalue weighted by Gasteiger charge is 2.62. The Kier molecular flexibility index (Phi) is 37.9. The van der Waals surface area contributed by atoms with Gasteiger partial charge in [0.1, 0.15) is 220 Å². The predicted molar refractivity (Wildman–Crippen MR) is 398 cm³/mol. The summed E-state index contributed by atoms with van der Waals surface area (Å²) in [6, 6.07) is -7.11. The molecule has 0 saturated carbocycles. The molecule has 10 fully saturated rings. The van der Waals surface area contributed by atoms with E-state index in [1.165, 1.54) is 20.8 Å². The van der Waals surface area contributed by atoms with Crippen LogP contribution in [0.15, 0.2) is 0 Å². The molecule has 10 rings (SSSR count). The number of rotatable bonds is 35. The second-order valence-electron chi connectivity index (χ2n) is 33.0. The molecule has 20 unspecified atom stereocenters. The summed E-state index contributed by atoms with van der Waals surface area (Å²) < 4.78 is 119. The minimum atomic E-state index is -2.67. The van der Waals surface area contributed by atoms with Crippen LogP contribution >= 0.6 is 0 Å². The molecule has 55 nitrogen and oxygen atoms in total. The minimum absolute atomic E-state index is 0.194. The Bertz CT molecular complexity index is 3500. The summed E-state index contributed by atoms with van der Waals surface area (Å²) in [6.45, 7) is -1.85. The van der Waals surface area contributed by atoms with Crippen LogP contribution in [0, 0.1) is 5.92 Å². The summed E-state index contributed by atoms with van der Waals surface area (Å²) in [5, 5.41) is 302. The first kappa shape index (κ1) is 106. The van der Waals surface area contributed by atoms with Crippen LogP contribution in [-0.2, 0) is 119 Å². The molecule has 0 aromatic heterocycles. The maximum absolute atomic E-state index is 13.3. The highest BCUT2D eigenvalue weighted by Crippen LogP contribution is 2.42. The third kappa shape index (κ3) is 23.6. The van der Waals surface area contributed by atoms with Crippen molar-refractivity contribution in [1.82, 2.24) is 21.3 Å². The van der Waals surface area contributed by atoms with E-state index in [0.29, 0.717) is 0 Å². The zero-order chi connectivity index (χ0) is 94.4. The zero-order valence-corrected chi connectivity index (χ0v) is 69.8. The monoisotopic (exact) mass is 1870 g/mol. The van der Waals surface area contributed by atoms with Crippen molar-refractivity contribution in [3.63, 3.8) is 0 Å². The van der Waals surface area contributed by atoms with Crippen LogP contribution < -0.4 is 21.3 Å². The summed E-state index contributed by atoms with van der Waals surface area (Å²) >= 11 is 0. The minimum Gasteiger partial charge on any atom is -0.410 e. The van der Waals surface area contributed by atoms with Crippen LogP contribution in [-0.4, -0.2) is 529 Å². The van der Waals surface area contributed by atoms with Crippen LogP contribution in [0.1, 0.15) is 54.9 Å². The molecule has 128 heavy (non-hydrogen) atoms. The molecule has 740 valence electrons. The lowest BCUT2D eigenvalue weighted by Gasteiger charge is -2.51. The molecule has 0 aromatic rings. The van der Waals surface area contributed by atoms with E-state index in [1.807, 2.05) is 0 Å². The fourth-order valence-electron chi connectivity index (χ4n) is 16.7. The molecule has 0 aliphatic carbocycles. The first-order chi connectivity index (χ1) is 60.4. The Morgan fingerprint density at radius 1 is 0.352 bits per heavy atom. The van der Waals surface area contributed by atoms with Crippen LogP contribution in [0.3, 0.4) is 0 Å². The normalized spacial score (nSPS) is 48.4. The van der Waals surface area contributed by atoms with Crippen molar-refractivity contribution in [3.05, 3.63) is 0 Å². The average Bonchev–Trinajstić information content (AvgIpc) is 0.764. The van der Waals surface area contributed by atoms with Gasteiger partial charge in [0.05, 0.1) is 96.3 Å². The summed E-state index contributed by atoms with van der Waals surface area (Å²) in [7, 11) is 0. The van der Waals surface area contributed by atoms with Crippen molar-refractivity contribution in [2.24, 2.45) is 5.92 Å². The number of nitrogens with one attached hydrogen (secondary N) is 4. The zero-order valence-electron chi connectivity index (χ0n) is 69.8. The molecule has 0 spiro atoms. The predicted octanol–water partition coefficient (Wildman–Crippen LogP) is -19.6. The van der Waals surface area contributed by atoms with Gasteiger partial charge in [-0.25, -0.2) is 0 Å². The number of hydrogen-bond donors (Lipinski definition) is 30. The number of aliphatic hydroxyl groups excluding tert-OH is 26. The van der Waals surface area contributed by atoms with Crippen molar-refractivity contribution in [2.75, 3.05) is 59.5 Å². The Morgan fingerprint density at radius 3 is 1.21 bits per heavy atom. The Morgan fingerprint density at radius 2 is 0.719 bits per heavy atom. The fourth-order valence-corrected chi connectivity index (χ4v) is 16.7. The first-order valence-corrected chi connectivity index (χ1v) is 41.3. The SMILES string of the molecule is CC(=O)NC1C(O)[C@H](O)[C@H](CO)O[C@H]1OC1[C@@H](OCC2O[C@@H](O[C@@H]3C(CO)O[C@@H](O[C@@H]4C(CO[C@@H]5O[C@@H](C)[C@@H](O)C(O)C5O)O[C@@H](C)C(NC(C)=O)[C@H]4O)C(NC(C)=O)[C@H]3O)C(O)[C@@H](O[C@H]3OC(CO)[C@@H](O)C(O)C3O[C@@H]3OC(CO)[C@@H](O[C@@H]4OC(CO[C@]5(OC=O)C[C@@H](O)[C@@H](C)C([C@H](O)[C@H](O)CO)O5)[C@H](O)[C@H](O)C4O)[C@H](O)C3NC(C)=O)[C@@H]2O)OC(CO)[C@@H](O)[C@@H]1O. The van der Waals surface area contributed by atoms with Gasteiger partial charge < -0.3 is 249 Å². The summed E-state index contributed by atoms with van der Waals surface area (Å²) in [5.74, 6) is -7.23. The number of carbonyl (C=O) groups is 5. The molecule has 10 aliphatic rings. The number of carbonyl (C=O) groups excluding carboxylic acids is 5. The molecule has 4 amide bonds. The van der Waals surface area contributed by atoms with E-state index in [-0.39, 0.29) is 6.47 Å². The number of ether oxygens (including phenoxy) is 20. The van der Waals surface area contributed by atoms with Crippen molar-refractivity contribution in [1.29, 1.82) is 0 Å². The summed E-state index contributed by atoms with van der Waals surface area (Å²) in [6.07, 6.45) is -92.0. The first-order valence-electron chi connectivity index (χ1n) is 41.3. The summed E-state index contributed by atoms with van der Waals surface area (Å²) in [5.41, 5.74) is 0. The van der Waals surface area contributed by atoms with Gasteiger partial charge in [-0.05, 0) is 13.8 Å². The molecule has 0 radical (unpaired) electrons. The van der Waals surface area contributed by atoms with Crippen molar-refractivity contribution in [3.8, 4) is 0 Å². The van der Waals surface area contributed by atoms with Crippen LogP contribution in [0.25, 0.3) is 0 Å². The summed E-state index contributed by atoms with van der Waals surface area (Å²) in [4.78, 5) is 63.5. The van der Waals surface area contributed by atoms with E-state index in [0.717, 1.165) is 27.7 Å². The molecule has 10 saturated heterocycles. The lowest BCUT2D eigenvalue weighted by molar-refractivity contribution is -0.424. The third-order valence-electron chi connectivity index (χ3n) is 23.9. The number of amides is 4. The maximum Gasteiger partial charge on any atom is 0.332 e. The molecule has 30 N–H and O–H groups in total. The van der Waals surface area contributed by atoms with Crippen LogP contribution in [0.2, 0.25) is 0 Å². The van der Waals surface area contributed by atoms with Gasteiger partial charge in [0.25, 0.3) is 6.47 Å². The van der Waals surface area contributed by atoms with E-state index in [4.69, 9.17) is 94.7 Å². The lowest BCUT2D eigenvalue weighted by atomic mass is 9.87. The van der Waals surface area contributed by atoms with Crippen LogP contribution in [0.4, 0.5) is 0 Å².